The summed E-state index contributed by atoms with van der Waals surface area (Å²) in [6.07, 6.45) is 1.25. The second kappa shape index (κ2) is 5.05. The van der Waals surface area contributed by atoms with Gasteiger partial charge in [-0.3, -0.25) is 0 Å². The van der Waals surface area contributed by atoms with Crippen LogP contribution in [0.15, 0.2) is 0 Å². The fraction of sp³-hybridized carbons (Fsp3) is 0.667. The maximum absolute atomic E-state index is 10.9. The molecule has 0 saturated carbocycles. The Morgan fingerprint density at radius 3 is 2.53 bits per heavy atom. The molecule has 1 rings (SSSR count). The first-order valence-corrected chi connectivity index (χ1v) is 7.57. The molecule has 15 heavy (non-hydrogen) atoms. The molecule has 1 aromatic rings. The number of aryl methyl sites for hydroxylation is 2. The van der Waals surface area contributed by atoms with E-state index in [2.05, 4.69) is 10.3 Å². The van der Waals surface area contributed by atoms with Gasteiger partial charge in [0.15, 0.2) is 0 Å². The molecule has 86 valence electrons. The average Bonchev–Trinajstić information content (AvgIpc) is 2.37. The van der Waals surface area contributed by atoms with Crippen LogP contribution >= 0.6 is 11.3 Å². The standard InChI is InChI=1S/C9H16N2O2S2/c1-7-9(14-8(2)11-7)6-10-4-5-15(3,12)13/h10H,4-6H2,1-3H3. The first-order chi connectivity index (χ1) is 6.88. The Morgan fingerprint density at radius 1 is 1.40 bits per heavy atom. The van der Waals surface area contributed by atoms with Crippen molar-refractivity contribution in [2.24, 2.45) is 0 Å². The summed E-state index contributed by atoms with van der Waals surface area (Å²) in [5, 5.41) is 4.15. The van der Waals surface area contributed by atoms with Gasteiger partial charge in [-0.1, -0.05) is 0 Å². The van der Waals surface area contributed by atoms with Crippen LogP contribution < -0.4 is 5.32 Å². The Labute approximate surface area is 94.7 Å². The minimum Gasteiger partial charge on any atom is -0.311 e. The zero-order valence-electron chi connectivity index (χ0n) is 9.20. The summed E-state index contributed by atoms with van der Waals surface area (Å²) in [5.74, 6) is 0.184. The van der Waals surface area contributed by atoms with E-state index in [-0.39, 0.29) is 5.75 Å². The van der Waals surface area contributed by atoms with Crippen molar-refractivity contribution >= 4 is 21.2 Å². The zero-order chi connectivity index (χ0) is 11.5. The molecule has 1 heterocycles. The van der Waals surface area contributed by atoms with Crippen molar-refractivity contribution in [1.82, 2.24) is 10.3 Å². The topological polar surface area (TPSA) is 59.1 Å². The normalized spacial score (nSPS) is 11.9. The molecule has 0 unspecified atom stereocenters. The highest BCUT2D eigenvalue weighted by Crippen LogP contribution is 2.16. The second-order valence-corrected chi connectivity index (χ2v) is 7.10. The molecule has 0 saturated heterocycles. The fourth-order valence-electron chi connectivity index (χ4n) is 1.20. The van der Waals surface area contributed by atoms with Crippen molar-refractivity contribution in [3.8, 4) is 0 Å². The van der Waals surface area contributed by atoms with E-state index in [0.29, 0.717) is 13.1 Å². The number of sulfone groups is 1. The molecule has 6 heteroatoms. The summed E-state index contributed by atoms with van der Waals surface area (Å²) < 4.78 is 21.7. The van der Waals surface area contributed by atoms with Crippen molar-refractivity contribution < 1.29 is 8.42 Å². The number of thiazole rings is 1. The maximum atomic E-state index is 10.9. The highest BCUT2D eigenvalue weighted by atomic mass is 32.2. The summed E-state index contributed by atoms with van der Waals surface area (Å²) in [6, 6.07) is 0. The maximum Gasteiger partial charge on any atom is 0.148 e. The Bertz CT molecular complexity index is 423. The first-order valence-electron chi connectivity index (χ1n) is 4.70. The van der Waals surface area contributed by atoms with Crippen LogP contribution in [-0.2, 0) is 16.4 Å². The second-order valence-electron chi connectivity index (χ2n) is 3.55. The van der Waals surface area contributed by atoms with Crippen LogP contribution in [0.25, 0.3) is 0 Å². The van der Waals surface area contributed by atoms with Crippen molar-refractivity contribution in [2.45, 2.75) is 20.4 Å². The lowest BCUT2D eigenvalue weighted by molar-refractivity contribution is 0.596. The summed E-state index contributed by atoms with van der Waals surface area (Å²) in [7, 11) is -2.86. The van der Waals surface area contributed by atoms with Gasteiger partial charge in [-0.25, -0.2) is 13.4 Å². The first kappa shape index (κ1) is 12.6. The van der Waals surface area contributed by atoms with Crippen LogP contribution in [0.1, 0.15) is 15.6 Å². The number of hydrogen-bond acceptors (Lipinski definition) is 5. The van der Waals surface area contributed by atoms with Gasteiger partial charge in [-0.2, -0.15) is 0 Å². The Balaban J connectivity index is 2.35. The van der Waals surface area contributed by atoms with E-state index in [9.17, 15) is 8.42 Å². The molecule has 0 amide bonds. The molecule has 1 N–H and O–H groups in total. The molecule has 0 aromatic carbocycles. The van der Waals surface area contributed by atoms with Crippen LogP contribution in [0.2, 0.25) is 0 Å². The van der Waals surface area contributed by atoms with Crippen LogP contribution in [-0.4, -0.2) is 32.0 Å². The van der Waals surface area contributed by atoms with Gasteiger partial charge in [0, 0.05) is 24.2 Å². The number of rotatable bonds is 5. The molecule has 0 radical (unpaired) electrons. The van der Waals surface area contributed by atoms with Gasteiger partial charge in [0.05, 0.1) is 16.5 Å². The van der Waals surface area contributed by atoms with Crippen molar-refractivity contribution in [1.29, 1.82) is 0 Å². The molecule has 0 atom stereocenters. The smallest absolute Gasteiger partial charge is 0.148 e. The molecule has 0 fully saturated rings. The van der Waals surface area contributed by atoms with Crippen LogP contribution in [0.4, 0.5) is 0 Å². The molecule has 0 aliphatic heterocycles. The van der Waals surface area contributed by atoms with Gasteiger partial charge < -0.3 is 5.32 Å². The number of hydrogen-bond donors (Lipinski definition) is 1. The summed E-state index contributed by atoms with van der Waals surface area (Å²) in [5.41, 5.74) is 1.03. The van der Waals surface area contributed by atoms with E-state index in [1.165, 1.54) is 11.1 Å². The van der Waals surface area contributed by atoms with Gasteiger partial charge in [-0.05, 0) is 13.8 Å². The van der Waals surface area contributed by atoms with E-state index in [0.717, 1.165) is 10.7 Å². The minimum absolute atomic E-state index is 0.184. The van der Waals surface area contributed by atoms with Crippen molar-refractivity contribution in [3.05, 3.63) is 15.6 Å². The molecule has 4 nitrogen and oxygen atoms in total. The Kier molecular flexibility index (Phi) is 4.24. The number of nitrogens with one attached hydrogen (secondary N) is 1. The van der Waals surface area contributed by atoms with Crippen LogP contribution in [0.5, 0.6) is 0 Å². The van der Waals surface area contributed by atoms with E-state index >= 15 is 0 Å². The number of aromatic nitrogens is 1. The van der Waals surface area contributed by atoms with Gasteiger partial charge in [0.25, 0.3) is 0 Å². The van der Waals surface area contributed by atoms with Gasteiger partial charge in [0.1, 0.15) is 9.84 Å². The molecule has 0 bridgehead atoms. The molecular formula is C9H16N2O2S2. The highest BCUT2D eigenvalue weighted by Gasteiger charge is 2.05. The third-order valence-electron chi connectivity index (χ3n) is 1.93. The number of nitrogens with zero attached hydrogens (tertiary/aromatic N) is 1. The lowest BCUT2D eigenvalue weighted by Crippen LogP contribution is -2.21. The highest BCUT2D eigenvalue weighted by molar-refractivity contribution is 7.90. The largest absolute Gasteiger partial charge is 0.311 e. The van der Waals surface area contributed by atoms with Gasteiger partial charge in [0.2, 0.25) is 0 Å². The third kappa shape index (κ3) is 4.72. The van der Waals surface area contributed by atoms with Crippen molar-refractivity contribution in [3.63, 3.8) is 0 Å². The van der Waals surface area contributed by atoms with Crippen LogP contribution in [0, 0.1) is 13.8 Å². The average molecular weight is 248 g/mol. The Morgan fingerprint density at radius 2 is 2.07 bits per heavy atom. The molecule has 0 spiro atoms. The lowest BCUT2D eigenvalue weighted by Gasteiger charge is -2.01. The predicted molar refractivity (Wildman–Crippen MR) is 63.0 cm³/mol. The monoisotopic (exact) mass is 248 g/mol. The molecule has 0 aliphatic rings. The van der Waals surface area contributed by atoms with E-state index in [4.69, 9.17) is 0 Å². The quantitative estimate of drug-likeness (QED) is 0.786. The third-order valence-corrected chi connectivity index (χ3v) is 3.95. The van der Waals surface area contributed by atoms with E-state index in [1.807, 2.05) is 13.8 Å². The van der Waals surface area contributed by atoms with Crippen LogP contribution in [0.3, 0.4) is 0 Å². The Hall–Kier alpha value is -0.460. The minimum atomic E-state index is -2.86. The van der Waals surface area contributed by atoms with E-state index < -0.39 is 9.84 Å². The SMILES string of the molecule is Cc1nc(C)c(CNCCS(C)(=O)=O)s1. The summed E-state index contributed by atoms with van der Waals surface area (Å²) in [4.78, 5) is 5.48. The van der Waals surface area contributed by atoms with E-state index in [1.54, 1.807) is 11.3 Å². The zero-order valence-corrected chi connectivity index (χ0v) is 10.8. The summed E-state index contributed by atoms with van der Waals surface area (Å²) in [6.45, 7) is 5.14. The molecule has 1 aromatic heterocycles. The lowest BCUT2D eigenvalue weighted by atomic mass is 10.4. The molecular weight excluding hydrogens is 232 g/mol. The predicted octanol–water partition coefficient (Wildman–Crippen LogP) is 0.894. The summed E-state index contributed by atoms with van der Waals surface area (Å²) >= 11 is 1.65. The fourth-order valence-corrected chi connectivity index (χ4v) is 2.62. The van der Waals surface area contributed by atoms with Gasteiger partial charge >= 0.3 is 0 Å². The molecule has 0 aliphatic carbocycles. The van der Waals surface area contributed by atoms with Crippen molar-refractivity contribution in [2.75, 3.05) is 18.6 Å². The van der Waals surface area contributed by atoms with Gasteiger partial charge in [-0.15, -0.1) is 11.3 Å².